The van der Waals surface area contributed by atoms with Crippen molar-refractivity contribution in [3.63, 3.8) is 0 Å². The van der Waals surface area contributed by atoms with Gasteiger partial charge in [-0.2, -0.15) is 5.10 Å². The number of hydrogen-bond acceptors (Lipinski definition) is 3. The summed E-state index contributed by atoms with van der Waals surface area (Å²) in [5.41, 5.74) is 0.885. The fourth-order valence-corrected chi connectivity index (χ4v) is 1.76. The van der Waals surface area contributed by atoms with Gasteiger partial charge < -0.3 is 10.6 Å². The van der Waals surface area contributed by atoms with Crippen LogP contribution < -0.4 is 10.6 Å². The zero-order valence-electron chi connectivity index (χ0n) is 11.6. The van der Waals surface area contributed by atoms with Crippen molar-refractivity contribution in [1.82, 2.24) is 15.1 Å². The topological polar surface area (TPSA) is 76.0 Å². The largest absolute Gasteiger partial charge is 0.350 e. The highest BCUT2D eigenvalue weighted by Gasteiger charge is 2.31. The number of nitrogens with one attached hydrogen (secondary N) is 2. The summed E-state index contributed by atoms with van der Waals surface area (Å²) in [6, 6.07) is 0. The van der Waals surface area contributed by atoms with Crippen LogP contribution in [0.5, 0.6) is 0 Å². The first kappa shape index (κ1) is 13.6. The fourth-order valence-electron chi connectivity index (χ4n) is 1.76. The first-order chi connectivity index (χ1) is 8.99. The molecule has 1 aromatic heterocycles. The molecule has 0 spiro atoms. The highest BCUT2D eigenvalue weighted by Crippen LogP contribution is 2.30. The molecule has 1 aromatic rings. The minimum absolute atomic E-state index is 0.0223. The monoisotopic (exact) mass is 264 g/mol. The molecule has 0 atom stereocenters. The van der Waals surface area contributed by atoms with Crippen LogP contribution >= 0.6 is 0 Å². The van der Waals surface area contributed by atoms with E-state index in [-0.39, 0.29) is 17.7 Å². The Morgan fingerprint density at radius 1 is 1.47 bits per heavy atom. The van der Waals surface area contributed by atoms with Crippen molar-refractivity contribution in [3.8, 4) is 0 Å². The fraction of sp³-hybridized carbons (Fsp3) is 0.615. The zero-order chi connectivity index (χ0) is 14.0. The summed E-state index contributed by atoms with van der Waals surface area (Å²) in [6.45, 7) is 4.65. The summed E-state index contributed by atoms with van der Waals surface area (Å²) in [5.74, 6) is 0.249. The lowest BCUT2D eigenvalue weighted by Crippen LogP contribution is -2.30. The lowest BCUT2D eigenvalue weighted by molar-refractivity contribution is -0.117. The van der Waals surface area contributed by atoms with Gasteiger partial charge in [-0.15, -0.1) is 0 Å². The maximum atomic E-state index is 12.1. The highest BCUT2D eigenvalue weighted by atomic mass is 16.2. The van der Waals surface area contributed by atoms with Gasteiger partial charge in [0.2, 0.25) is 5.91 Å². The van der Waals surface area contributed by atoms with Gasteiger partial charge in [-0.05, 0) is 18.8 Å². The van der Waals surface area contributed by atoms with Gasteiger partial charge in [0.15, 0.2) is 0 Å². The predicted octanol–water partition coefficient (Wildman–Crippen LogP) is 1.15. The van der Waals surface area contributed by atoms with Gasteiger partial charge in [-0.3, -0.25) is 14.3 Å². The maximum absolute atomic E-state index is 12.1. The van der Waals surface area contributed by atoms with E-state index in [1.165, 1.54) is 10.9 Å². The molecule has 0 unspecified atom stereocenters. The number of aryl methyl sites for hydroxylation is 1. The molecule has 0 bridgehead atoms. The molecule has 0 saturated heterocycles. The number of rotatable bonds is 5. The summed E-state index contributed by atoms with van der Waals surface area (Å²) in [7, 11) is 1.69. The zero-order valence-corrected chi connectivity index (χ0v) is 11.6. The quantitative estimate of drug-likeness (QED) is 0.837. The molecule has 19 heavy (non-hydrogen) atoms. The Labute approximate surface area is 112 Å². The molecule has 1 aliphatic rings. The van der Waals surface area contributed by atoms with Crippen molar-refractivity contribution in [2.45, 2.75) is 26.7 Å². The number of nitrogens with zero attached hydrogens (tertiary/aromatic N) is 2. The Hall–Kier alpha value is -1.85. The van der Waals surface area contributed by atoms with Gasteiger partial charge in [0.1, 0.15) is 5.69 Å². The van der Waals surface area contributed by atoms with E-state index in [1.54, 1.807) is 7.05 Å². The normalized spacial score (nSPS) is 14.5. The third-order valence-electron chi connectivity index (χ3n) is 3.03. The third-order valence-corrected chi connectivity index (χ3v) is 3.03. The van der Waals surface area contributed by atoms with Crippen molar-refractivity contribution in [2.24, 2.45) is 18.9 Å². The number of amides is 2. The SMILES string of the molecule is CC(C)CNC(=O)c1c(NC(=O)C2CC2)cnn1C. The van der Waals surface area contributed by atoms with E-state index in [4.69, 9.17) is 0 Å². The molecule has 6 heteroatoms. The summed E-state index contributed by atoms with van der Waals surface area (Å²) >= 11 is 0. The van der Waals surface area contributed by atoms with Crippen molar-refractivity contribution < 1.29 is 9.59 Å². The van der Waals surface area contributed by atoms with Crippen molar-refractivity contribution in [1.29, 1.82) is 0 Å². The predicted molar refractivity (Wildman–Crippen MR) is 71.7 cm³/mol. The number of carbonyl (C=O) groups is 2. The lowest BCUT2D eigenvalue weighted by Gasteiger charge is -2.10. The second-order valence-electron chi connectivity index (χ2n) is 5.40. The Morgan fingerprint density at radius 2 is 2.16 bits per heavy atom. The average Bonchev–Trinajstić information content (AvgIpc) is 3.12. The van der Waals surface area contributed by atoms with Gasteiger partial charge in [0.05, 0.1) is 11.9 Å². The molecular formula is C13H20N4O2. The van der Waals surface area contributed by atoms with Crippen LogP contribution in [0.15, 0.2) is 6.20 Å². The molecule has 2 N–H and O–H groups in total. The second kappa shape index (κ2) is 5.42. The van der Waals surface area contributed by atoms with Gasteiger partial charge in [0, 0.05) is 19.5 Å². The molecule has 1 heterocycles. The average molecular weight is 264 g/mol. The van der Waals surface area contributed by atoms with Crippen LogP contribution in [0.1, 0.15) is 37.2 Å². The molecule has 1 fully saturated rings. The minimum Gasteiger partial charge on any atom is -0.350 e. The third kappa shape index (κ3) is 3.33. The molecule has 104 valence electrons. The number of anilines is 1. The van der Waals surface area contributed by atoms with E-state index in [1.807, 2.05) is 13.8 Å². The van der Waals surface area contributed by atoms with E-state index < -0.39 is 0 Å². The van der Waals surface area contributed by atoms with Gasteiger partial charge in [-0.1, -0.05) is 13.8 Å². The Morgan fingerprint density at radius 3 is 2.74 bits per heavy atom. The van der Waals surface area contributed by atoms with Crippen LogP contribution in [-0.4, -0.2) is 28.1 Å². The molecular weight excluding hydrogens is 244 g/mol. The first-order valence-electron chi connectivity index (χ1n) is 6.60. The number of hydrogen-bond donors (Lipinski definition) is 2. The molecule has 1 saturated carbocycles. The maximum Gasteiger partial charge on any atom is 0.271 e. The van der Waals surface area contributed by atoms with Gasteiger partial charge in [0.25, 0.3) is 5.91 Å². The smallest absolute Gasteiger partial charge is 0.271 e. The summed E-state index contributed by atoms with van der Waals surface area (Å²) < 4.78 is 1.48. The molecule has 2 amide bonds. The van der Waals surface area contributed by atoms with E-state index in [0.717, 1.165) is 12.8 Å². The van der Waals surface area contributed by atoms with Crippen LogP contribution in [0.4, 0.5) is 5.69 Å². The standard InChI is InChI=1S/C13H20N4O2/c1-8(2)6-14-13(19)11-10(7-15-17(11)3)16-12(18)9-4-5-9/h7-9H,4-6H2,1-3H3,(H,14,19)(H,16,18). The molecule has 0 radical (unpaired) electrons. The van der Waals surface area contributed by atoms with Crippen LogP contribution in [0.2, 0.25) is 0 Å². The van der Waals surface area contributed by atoms with Crippen LogP contribution in [0, 0.1) is 11.8 Å². The lowest BCUT2D eigenvalue weighted by atomic mass is 10.2. The molecule has 0 aromatic carbocycles. The van der Waals surface area contributed by atoms with E-state index in [0.29, 0.717) is 23.8 Å². The Kier molecular flexibility index (Phi) is 3.87. The highest BCUT2D eigenvalue weighted by molar-refractivity contribution is 6.03. The van der Waals surface area contributed by atoms with Gasteiger partial charge >= 0.3 is 0 Å². The summed E-state index contributed by atoms with van der Waals surface area (Å²) in [4.78, 5) is 23.8. The number of aromatic nitrogens is 2. The van der Waals surface area contributed by atoms with E-state index >= 15 is 0 Å². The van der Waals surface area contributed by atoms with Crippen molar-refractivity contribution in [3.05, 3.63) is 11.9 Å². The van der Waals surface area contributed by atoms with E-state index in [2.05, 4.69) is 15.7 Å². The molecule has 1 aliphatic carbocycles. The summed E-state index contributed by atoms with van der Waals surface area (Å²) in [6.07, 6.45) is 3.38. The van der Waals surface area contributed by atoms with Crippen LogP contribution in [0.25, 0.3) is 0 Å². The van der Waals surface area contributed by atoms with Crippen LogP contribution in [0.3, 0.4) is 0 Å². The van der Waals surface area contributed by atoms with Crippen molar-refractivity contribution in [2.75, 3.05) is 11.9 Å². The Bertz CT molecular complexity index is 489. The number of carbonyl (C=O) groups excluding carboxylic acids is 2. The van der Waals surface area contributed by atoms with Crippen molar-refractivity contribution >= 4 is 17.5 Å². The summed E-state index contributed by atoms with van der Waals surface area (Å²) in [5, 5.41) is 9.65. The first-order valence-corrected chi connectivity index (χ1v) is 6.60. The van der Waals surface area contributed by atoms with Crippen LogP contribution in [-0.2, 0) is 11.8 Å². The van der Waals surface area contributed by atoms with Gasteiger partial charge in [-0.25, -0.2) is 0 Å². The molecule has 0 aliphatic heterocycles. The Balaban J connectivity index is 2.07. The molecule has 2 rings (SSSR count). The molecule has 6 nitrogen and oxygen atoms in total. The second-order valence-corrected chi connectivity index (χ2v) is 5.40. The van der Waals surface area contributed by atoms with E-state index in [9.17, 15) is 9.59 Å². The minimum atomic E-state index is -0.209.